The van der Waals surface area contributed by atoms with Crippen molar-refractivity contribution < 1.29 is 17.6 Å². The maximum Gasteiger partial charge on any atom is 0.243 e. The molecular formula is C28H34N2O5S2. The number of nitrogens with zero attached hydrogens (tertiary/aromatic N) is 2. The highest BCUT2D eigenvalue weighted by Crippen LogP contribution is 2.20. The molecule has 1 aliphatic rings. The molecule has 0 aliphatic carbocycles. The molecule has 1 saturated heterocycles. The van der Waals surface area contributed by atoms with E-state index in [4.69, 9.17) is 9.15 Å². The van der Waals surface area contributed by atoms with Gasteiger partial charge in [-0.05, 0) is 61.0 Å². The zero-order valence-electron chi connectivity index (χ0n) is 21.4. The van der Waals surface area contributed by atoms with Crippen molar-refractivity contribution in [3.05, 3.63) is 88.0 Å². The Hall–Kier alpha value is -2.59. The van der Waals surface area contributed by atoms with Gasteiger partial charge in [-0.2, -0.15) is 4.31 Å². The smallest absolute Gasteiger partial charge is 0.243 e. The molecule has 1 fully saturated rings. The summed E-state index contributed by atoms with van der Waals surface area (Å²) in [4.78, 5) is 16.2. The quantitative estimate of drug-likeness (QED) is 0.341. The lowest BCUT2D eigenvalue weighted by molar-refractivity contribution is 0.245. The van der Waals surface area contributed by atoms with Gasteiger partial charge in [0.1, 0.15) is 18.6 Å². The number of hydrogen-bond acceptors (Lipinski definition) is 7. The normalized spacial score (nSPS) is 15.4. The van der Waals surface area contributed by atoms with E-state index in [-0.39, 0.29) is 17.8 Å². The fourth-order valence-corrected chi connectivity index (χ4v) is 6.22. The van der Waals surface area contributed by atoms with Crippen molar-refractivity contribution in [3.8, 4) is 5.75 Å². The molecule has 0 spiro atoms. The average molecular weight is 543 g/mol. The summed E-state index contributed by atoms with van der Waals surface area (Å²) in [6, 6.07) is 16.7. The monoisotopic (exact) mass is 542 g/mol. The van der Waals surface area contributed by atoms with Crippen LogP contribution in [0.1, 0.15) is 36.7 Å². The number of thioether (sulfide) groups is 1. The standard InChI is InChI=1S/C28H34N2O5S2/c1-3-5-22-8-12-26(13-9-22)37(32,33)30-15-4-14-29(16-17-30)19-24-18-27(31)28(21-34-24)35-20-23-6-10-25(36-2)11-7-23/h6-13,18,21H,3-5,14-17,19-20H2,1-2H3. The summed E-state index contributed by atoms with van der Waals surface area (Å²) >= 11 is 1.67. The van der Waals surface area contributed by atoms with E-state index in [9.17, 15) is 13.2 Å². The summed E-state index contributed by atoms with van der Waals surface area (Å²) in [6.07, 6.45) is 6.05. The van der Waals surface area contributed by atoms with Crippen molar-refractivity contribution in [1.29, 1.82) is 0 Å². The van der Waals surface area contributed by atoms with Crippen LogP contribution in [0.4, 0.5) is 0 Å². The number of ether oxygens (including phenoxy) is 1. The SMILES string of the molecule is CCCc1ccc(S(=O)(=O)N2CCCN(Cc3cc(=O)c(OCc4ccc(SC)cc4)co3)CC2)cc1. The molecule has 37 heavy (non-hydrogen) atoms. The molecule has 4 rings (SSSR count). The van der Waals surface area contributed by atoms with Gasteiger partial charge in [-0.15, -0.1) is 11.8 Å². The van der Waals surface area contributed by atoms with Crippen molar-refractivity contribution >= 4 is 21.8 Å². The fourth-order valence-electron chi connectivity index (χ4n) is 4.34. The summed E-state index contributed by atoms with van der Waals surface area (Å²) in [5.41, 5.74) is 1.89. The molecule has 2 heterocycles. The third-order valence-corrected chi connectivity index (χ3v) is 9.09. The van der Waals surface area contributed by atoms with Gasteiger partial charge in [0, 0.05) is 30.6 Å². The molecule has 0 atom stereocenters. The van der Waals surface area contributed by atoms with Gasteiger partial charge in [0.2, 0.25) is 21.2 Å². The number of benzene rings is 2. The Balaban J connectivity index is 1.33. The van der Waals surface area contributed by atoms with E-state index in [1.807, 2.05) is 42.7 Å². The Morgan fingerprint density at radius 3 is 2.38 bits per heavy atom. The maximum atomic E-state index is 13.2. The minimum Gasteiger partial charge on any atom is -0.482 e. The summed E-state index contributed by atoms with van der Waals surface area (Å²) < 4.78 is 39.3. The molecule has 9 heteroatoms. The molecule has 0 unspecified atom stereocenters. The lowest BCUT2D eigenvalue weighted by Crippen LogP contribution is -2.35. The molecule has 0 amide bonds. The van der Waals surface area contributed by atoms with Gasteiger partial charge in [-0.1, -0.05) is 37.6 Å². The predicted octanol–water partition coefficient (Wildman–Crippen LogP) is 4.79. The lowest BCUT2D eigenvalue weighted by Gasteiger charge is -2.21. The van der Waals surface area contributed by atoms with Gasteiger partial charge in [0.15, 0.2) is 0 Å². The lowest BCUT2D eigenvalue weighted by atomic mass is 10.1. The van der Waals surface area contributed by atoms with E-state index in [2.05, 4.69) is 11.8 Å². The molecule has 2 aromatic carbocycles. The summed E-state index contributed by atoms with van der Waals surface area (Å²) in [7, 11) is -3.54. The van der Waals surface area contributed by atoms with Crippen LogP contribution in [0.2, 0.25) is 0 Å². The molecule has 198 valence electrons. The van der Waals surface area contributed by atoms with Gasteiger partial charge in [-0.25, -0.2) is 8.42 Å². The molecule has 1 aliphatic heterocycles. The molecule has 0 radical (unpaired) electrons. The van der Waals surface area contributed by atoms with Crippen molar-refractivity contribution in [3.63, 3.8) is 0 Å². The largest absolute Gasteiger partial charge is 0.482 e. The highest BCUT2D eigenvalue weighted by molar-refractivity contribution is 7.98. The van der Waals surface area contributed by atoms with Crippen LogP contribution >= 0.6 is 11.8 Å². The van der Waals surface area contributed by atoms with Crippen LogP contribution < -0.4 is 10.2 Å². The van der Waals surface area contributed by atoms with Crippen LogP contribution in [-0.2, 0) is 29.6 Å². The van der Waals surface area contributed by atoms with E-state index < -0.39 is 10.0 Å². The second-order valence-corrected chi connectivity index (χ2v) is 12.0. The van der Waals surface area contributed by atoms with E-state index in [1.165, 1.54) is 17.2 Å². The predicted molar refractivity (Wildman–Crippen MR) is 147 cm³/mol. The van der Waals surface area contributed by atoms with Crippen molar-refractivity contribution in [2.75, 3.05) is 32.4 Å². The van der Waals surface area contributed by atoms with Crippen LogP contribution in [0.15, 0.2) is 79.9 Å². The van der Waals surface area contributed by atoms with Crippen LogP contribution in [0, 0.1) is 0 Å². The number of sulfonamides is 1. The number of hydrogen-bond donors (Lipinski definition) is 0. The van der Waals surface area contributed by atoms with E-state index in [0.29, 0.717) is 43.3 Å². The van der Waals surface area contributed by atoms with Gasteiger partial charge in [0.05, 0.1) is 11.4 Å². The first kappa shape index (κ1) is 27.4. The Bertz CT molecular complexity index is 1320. The Morgan fingerprint density at radius 2 is 1.70 bits per heavy atom. The second-order valence-electron chi connectivity index (χ2n) is 9.14. The zero-order chi connectivity index (χ0) is 26.3. The minimum atomic E-state index is -3.54. The van der Waals surface area contributed by atoms with E-state index in [0.717, 1.165) is 30.5 Å². The van der Waals surface area contributed by atoms with E-state index >= 15 is 0 Å². The molecule has 0 saturated carbocycles. The Kier molecular flexibility index (Phi) is 9.48. The van der Waals surface area contributed by atoms with Gasteiger partial charge in [-0.3, -0.25) is 9.69 Å². The molecule has 7 nitrogen and oxygen atoms in total. The Morgan fingerprint density at radius 1 is 0.973 bits per heavy atom. The summed E-state index contributed by atoms with van der Waals surface area (Å²) in [5, 5.41) is 0. The minimum absolute atomic E-state index is 0.177. The van der Waals surface area contributed by atoms with Crippen LogP contribution in [0.3, 0.4) is 0 Å². The molecule has 1 aromatic heterocycles. The molecule has 0 bridgehead atoms. The number of rotatable bonds is 10. The summed E-state index contributed by atoms with van der Waals surface area (Å²) in [6.45, 7) is 4.95. The van der Waals surface area contributed by atoms with E-state index in [1.54, 1.807) is 28.2 Å². The van der Waals surface area contributed by atoms with Crippen LogP contribution in [0.25, 0.3) is 0 Å². The average Bonchev–Trinajstić information content (AvgIpc) is 3.15. The third kappa shape index (κ3) is 7.25. The molecule has 0 N–H and O–H groups in total. The van der Waals surface area contributed by atoms with Crippen molar-refractivity contribution in [2.24, 2.45) is 0 Å². The summed E-state index contributed by atoms with van der Waals surface area (Å²) in [5.74, 6) is 0.709. The Labute approximate surface area is 223 Å². The molecular weight excluding hydrogens is 508 g/mol. The highest BCUT2D eigenvalue weighted by atomic mass is 32.2. The van der Waals surface area contributed by atoms with Gasteiger partial charge >= 0.3 is 0 Å². The van der Waals surface area contributed by atoms with Gasteiger partial charge in [0.25, 0.3) is 0 Å². The third-order valence-electron chi connectivity index (χ3n) is 6.43. The number of aryl methyl sites for hydroxylation is 1. The van der Waals surface area contributed by atoms with Crippen molar-refractivity contribution in [2.45, 2.75) is 49.1 Å². The highest BCUT2D eigenvalue weighted by Gasteiger charge is 2.27. The van der Waals surface area contributed by atoms with Crippen LogP contribution in [-0.4, -0.2) is 50.1 Å². The first-order valence-corrected chi connectivity index (χ1v) is 15.2. The fraction of sp³-hybridized carbons (Fsp3) is 0.393. The zero-order valence-corrected chi connectivity index (χ0v) is 23.0. The first-order valence-electron chi connectivity index (χ1n) is 12.6. The first-order chi connectivity index (χ1) is 17.9. The maximum absolute atomic E-state index is 13.2. The molecule has 3 aromatic rings. The topological polar surface area (TPSA) is 80.1 Å². The van der Waals surface area contributed by atoms with Crippen LogP contribution in [0.5, 0.6) is 5.75 Å². The second kappa shape index (κ2) is 12.8. The van der Waals surface area contributed by atoms with Crippen molar-refractivity contribution in [1.82, 2.24) is 9.21 Å². The van der Waals surface area contributed by atoms with Gasteiger partial charge < -0.3 is 9.15 Å².